The van der Waals surface area contributed by atoms with E-state index >= 15 is 0 Å². The van der Waals surface area contributed by atoms with E-state index in [9.17, 15) is 0 Å². The van der Waals surface area contributed by atoms with Gasteiger partial charge in [0.05, 0.1) is 0 Å². The van der Waals surface area contributed by atoms with Gasteiger partial charge in [-0.05, 0) is 45.1 Å². The van der Waals surface area contributed by atoms with Gasteiger partial charge >= 0.3 is 0 Å². The largest absolute Gasteiger partial charge is 0.328 e. The van der Waals surface area contributed by atoms with E-state index in [4.69, 9.17) is 5.73 Å². The average Bonchev–Trinajstić information content (AvgIpc) is 2.75. The second-order valence-electron chi connectivity index (χ2n) is 5.34. The Labute approximate surface area is 94.2 Å². The van der Waals surface area contributed by atoms with Crippen molar-refractivity contribution in [3.8, 4) is 0 Å². The van der Waals surface area contributed by atoms with Crippen LogP contribution in [-0.4, -0.2) is 29.6 Å². The molecule has 2 aliphatic carbocycles. The highest BCUT2D eigenvalue weighted by molar-refractivity contribution is 4.86. The van der Waals surface area contributed by atoms with Crippen molar-refractivity contribution in [1.29, 1.82) is 0 Å². The van der Waals surface area contributed by atoms with Gasteiger partial charge in [-0.15, -0.1) is 0 Å². The van der Waals surface area contributed by atoms with Crippen LogP contribution in [0, 0.1) is 0 Å². The molecule has 0 aromatic rings. The van der Waals surface area contributed by atoms with Crippen LogP contribution >= 0.6 is 0 Å². The van der Waals surface area contributed by atoms with Crippen LogP contribution in [0.5, 0.6) is 0 Å². The molecule has 2 heteroatoms. The van der Waals surface area contributed by atoms with Gasteiger partial charge in [0.25, 0.3) is 0 Å². The molecular formula is C13H26N2. The molecule has 88 valence electrons. The summed E-state index contributed by atoms with van der Waals surface area (Å²) in [5.74, 6) is 0. The van der Waals surface area contributed by atoms with Crippen LogP contribution < -0.4 is 5.73 Å². The van der Waals surface area contributed by atoms with Crippen molar-refractivity contribution in [3.05, 3.63) is 0 Å². The van der Waals surface area contributed by atoms with Crippen LogP contribution in [-0.2, 0) is 0 Å². The van der Waals surface area contributed by atoms with Crippen molar-refractivity contribution >= 4 is 0 Å². The molecule has 2 aliphatic rings. The number of nitrogens with two attached hydrogens (primary N) is 1. The van der Waals surface area contributed by atoms with Gasteiger partial charge in [0.2, 0.25) is 0 Å². The molecule has 0 bridgehead atoms. The monoisotopic (exact) mass is 210 g/mol. The van der Waals surface area contributed by atoms with E-state index in [0.29, 0.717) is 6.04 Å². The summed E-state index contributed by atoms with van der Waals surface area (Å²) in [6.07, 6.45) is 11.0. The Hall–Kier alpha value is -0.0800. The molecule has 2 saturated carbocycles. The summed E-state index contributed by atoms with van der Waals surface area (Å²) in [6, 6.07) is 2.23. The highest BCUT2D eigenvalue weighted by Crippen LogP contribution is 2.30. The maximum Gasteiger partial charge on any atom is 0.00992 e. The molecular weight excluding hydrogens is 184 g/mol. The zero-order valence-corrected chi connectivity index (χ0v) is 10.1. The second kappa shape index (κ2) is 5.31. The fraction of sp³-hybridized carbons (Fsp3) is 1.00. The van der Waals surface area contributed by atoms with Gasteiger partial charge in [-0.3, -0.25) is 4.90 Å². The highest BCUT2D eigenvalue weighted by atomic mass is 15.2. The molecule has 2 fully saturated rings. The normalized spacial score (nSPS) is 33.8. The van der Waals surface area contributed by atoms with Gasteiger partial charge in [0.15, 0.2) is 0 Å². The average molecular weight is 210 g/mol. The summed E-state index contributed by atoms with van der Waals surface area (Å²) >= 11 is 0. The Morgan fingerprint density at radius 3 is 2.00 bits per heavy atom. The minimum Gasteiger partial charge on any atom is -0.328 e. The fourth-order valence-corrected chi connectivity index (χ4v) is 3.48. The Balaban J connectivity index is 1.88. The maximum absolute atomic E-state index is 5.97. The lowest BCUT2D eigenvalue weighted by molar-refractivity contribution is 0.108. The topological polar surface area (TPSA) is 29.3 Å². The third kappa shape index (κ3) is 2.73. The van der Waals surface area contributed by atoms with Crippen LogP contribution in [0.1, 0.15) is 58.3 Å². The van der Waals surface area contributed by atoms with Crippen molar-refractivity contribution in [3.63, 3.8) is 0 Å². The van der Waals surface area contributed by atoms with Crippen molar-refractivity contribution in [2.45, 2.75) is 76.4 Å². The lowest BCUT2D eigenvalue weighted by Crippen LogP contribution is -2.45. The van der Waals surface area contributed by atoms with Gasteiger partial charge < -0.3 is 5.73 Å². The Bertz CT molecular complexity index is 179. The lowest BCUT2D eigenvalue weighted by atomic mass is 9.90. The Kier molecular flexibility index (Phi) is 4.04. The van der Waals surface area contributed by atoms with E-state index in [0.717, 1.165) is 12.1 Å². The molecule has 0 spiro atoms. The van der Waals surface area contributed by atoms with E-state index in [1.165, 1.54) is 57.9 Å². The quantitative estimate of drug-likeness (QED) is 0.775. The zero-order valence-electron chi connectivity index (χ0n) is 10.1. The van der Waals surface area contributed by atoms with Crippen molar-refractivity contribution in [2.75, 3.05) is 6.54 Å². The molecule has 0 amide bonds. The predicted octanol–water partition coefficient (Wildman–Crippen LogP) is 2.52. The highest BCUT2D eigenvalue weighted by Gasteiger charge is 2.29. The molecule has 0 radical (unpaired) electrons. The minimum absolute atomic E-state index is 0.489. The van der Waals surface area contributed by atoms with Crippen LogP contribution in [0.2, 0.25) is 0 Å². The first kappa shape index (κ1) is 11.4. The van der Waals surface area contributed by atoms with Gasteiger partial charge in [0, 0.05) is 18.1 Å². The van der Waals surface area contributed by atoms with Crippen LogP contribution in [0.25, 0.3) is 0 Å². The van der Waals surface area contributed by atoms with Crippen LogP contribution in [0.3, 0.4) is 0 Å². The molecule has 0 saturated heterocycles. The fourth-order valence-electron chi connectivity index (χ4n) is 3.48. The molecule has 0 aromatic heterocycles. The van der Waals surface area contributed by atoms with Gasteiger partial charge in [-0.25, -0.2) is 0 Å². The second-order valence-corrected chi connectivity index (χ2v) is 5.34. The summed E-state index contributed by atoms with van der Waals surface area (Å²) in [5, 5.41) is 0. The summed E-state index contributed by atoms with van der Waals surface area (Å²) in [7, 11) is 0. The van der Waals surface area contributed by atoms with E-state index < -0.39 is 0 Å². The number of hydrogen-bond acceptors (Lipinski definition) is 2. The number of nitrogens with zero attached hydrogens (tertiary/aromatic N) is 1. The van der Waals surface area contributed by atoms with E-state index in [2.05, 4.69) is 11.8 Å². The third-order valence-corrected chi connectivity index (χ3v) is 4.37. The molecule has 0 atom stereocenters. The van der Waals surface area contributed by atoms with Gasteiger partial charge in [0.1, 0.15) is 0 Å². The maximum atomic E-state index is 5.97. The molecule has 2 N–H and O–H groups in total. The summed E-state index contributed by atoms with van der Waals surface area (Å²) in [6.45, 7) is 3.57. The first-order valence-corrected chi connectivity index (χ1v) is 6.82. The van der Waals surface area contributed by atoms with E-state index in [1.54, 1.807) is 0 Å². The Morgan fingerprint density at radius 2 is 1.47 bits per heavy atom. The third-order valence-electron chi connectivity index (χ3n) is 4.37. The minimum atomic E-state index is 0.489. The number of rotatable bonds is 3. The Morgan fingerprint density at radius 1 is 0.933 bits per heavy atom. The first-order chi connectivity index (χ1) is 7.31. The zero-order chi connectivity index (χ0) is 10.7. The van der Waals surface area contributed by atoms with Gasteiger partial charge in [-0.1, -0.05) is 19.8 Å². The van der Waals surface area contributed by atoms with Crippen molar-refractivity contribution in [2.24, 2.45) is 5.73 Å². The SMILES string of the molecule is CCN(C1CCCC1)C1CCC(N)CC1. The summed E-state index contributed by atoms with van der Waals surface area (Å²) in [4.78, 5) is 2.78. The van der Waals surface area contributed by atoms with Crippen molar-refractivity contribution in [1.82, 2.24) is 4.90 Å². The number of hydrogen-bond donors (Lipinski definition) is 1. The van der Waals surface area contributed by atoms with Crippen LogP contribution in [0.4, 0.5) is 0 Å². The molecule has 0 aromatic carbocycles. The predicted molar refractivity (Wildman–Crippen MR) is 64.9 cm³/mol. The van der Waals surface area contributed by atoms with Crippen molar-refractivity contribution < 1.29 is 0 Å². The summed E-state index contributed by atoms with van der Waals surface area (Å²) < 4.78 is 0. The van der Waals surface area contributed by atoms with Gasteiger partial charge in [-0.2, -0.15) is 0 Å². The first-order valence-electron chi connectivity index (χ1n) is 6.82. The molecule has 0 aliphatic heterocycles. The van der Waals surface area contributed by atoms with E-state index in [-0.39, 0.29) is 0 Å². The van der Waals surface area contributed by atoms with E-state index in [1.807, 2.05) is 0 Å². The molecule has 15 heavy (non-hydrogen) atoms. The smallest absolute Gasteiger partial charge is 0.00992 e. The standard InChI is InChI=1S/C13H26N2/c1-2-15(12-5-3-4-6-12)13-9-7-11(14)8-10-13/h11-13H,2-10,14H2,1H3. The molecule has 0 unspecified atom stereocenters. The lowest BCUT2D eigenvalue weighted by Gasteiger charge is -2.39. The summed E-state index contributed by atoms with van der Waals surface area (Å²) in [5.41, 5.74) is 5.97. The molecule has 2 nitrogen and oxygen atoms in total. The van der Waals surface area contributed by atoms with Crippen LogP contribution in [0.15, 0.2) is 0 Å². The molecule has 2 rings (SSSR count). The molecule has 0 heterocycles.